The van der Waals surface area contributed by atoms with Crippen molar-refractivity contribution in [3.63, 3.8) is 0 Å². The van der Waals surface area contributed by atoms with Gasteiger partial charge in [0.25, 0.3) is 0 Å². The molecule has 3 rings (SSSR count). The largest absolute Gasteiger partial charge is 0.508 e. The molecule has 0 aliphatic heterocycles. The molecule has 6 heteroatoms. The van der Waals surface area contributed by atoms with Gasteiger partial charge in [-0.3, -0.25) is 4.57 Å². The summed E-state index contributed by atoms with van der Waals surface area (Å²) in [5.41, 5.74) is 1.39. The molecule has 3 aromatic rings. The van der Waals surface area contributed by atoms with Gasteiger partial charge in [0.1, 0.15) is 11.5 Å². The van der Waals surface area contributed by atoms with Gasteiger partial charge in [-0.05, 0) is 41.5 Å². The van der Waals surface area contributed by atoms with Crippen molar-refractivity contribution in [2.24, 2.45) is 0 Å². The molecule has 124 valence electrons. The fraction of sp³-hybridized carbons (Fsp3) is 0. The van der Waals surface area contributed by atoms with Gasteiger partial charge >= 0.3 is 7.60 Å². The molecule has 4 N–H and O–H groups in total. The van der Waals surface area contributed by atoms with Gasteiger partial charge in [-0.25, -0.2) is 0 Å². The highest BCUT2D eigenvalue weighted by Gasteiger charge is 2.21. The van der Waals surface area contributed by atoms with Gasteiger partial charge in [0.2, 0.25) is 0 Å². The topological polar surface area (TPSA) is 98.0 Å². The van der Waals surface area contributed by atoms with Gasteiger partial charge in [-0.15, -0.1) is 0 Å². The van der Waals surface area contributed by atoms with E-state index in [1.807, 2.05) is 30.3 Å². The summed E-state index contributed by atoms with van der Waals surface area (Å²) in [5, 5.41) is 17.4. The number of benzene rings is 3. The summed E-state index contributed by atoms with van der Waals surface area (Å²) in [7, 11) is -4.22. The highest BCUT2D eigenvalue weighted by molar-refractivity contribution is 7.60. The lowest BCUT2D eigenvalue weighted by Gasteiger charge is -2.10. The van der Waals surface area contributed by atoms with Crippen LogP contribution in [-0.4, -0.2) is 20.0 Å². The Morgan fingerprint density at radius 3 is 1.58 bits per heavy atom. The predicted octanol–water partition coefficient (Wildman–Crippen LogP) is 3.25. The normalized spacial score (nSPS) is 10.6. The van der Waals surface area contributed by atoms with E-state index in [0.717, 1.165) is 5.56 Å². The molecule has 0 saturated carbocycles. The lowest BCUT2D eigenvalue weighted by Crippen LogP contribution is -2.07. The van der Waals surface area contributed by atoms with Gasteiger partial charge in [-0.2, -0.15) is 0 Å². The summed E-state index contributed by atoms with van der Waals surface area (Å²) >= 11 is 0. The van der Waals surface area contributed by atoms with Crippen LogP contribution in [-0.2, 0) is 4.57 Å². The van der Waals surface area contributed by atoms with E-state index in [-0.39, 0.29) is 16.8 Å². The van der Waals surface area contributed by atoms with E-state index in [4.69, 9.17) is 10.2 Å². The molecule has 0 radical (unpaired) electrons. The fourth-order valence-corrected chi connectivity index (χ4v) is 2.84. The van der Waals surface area contributed by atoms with Crippen LogP contribution in [0.25, 0.3) is 11.1 Å². The van der Waals surface area contributed by atoms with Crippen LogP contribution in [0.15, 0.2) is 78.9 Å². The number of phenolic OH excluding ortho intramolecular Hbond substituents is 2. The van der Waals surface area contributed by atoms with Gasteiger partial charge in [0, 0.05) is 0 Å². The molecule has 3 aromatic carbocycles. The monoisotopic (exact) mass is 344 g/mol. The quantitative estimate of drug-likeness (QED) is 0.423. The molecule has 0 aliphatic carbocycles. The first-order valence-corrected chi connectivity index (χ1v) is 8.68. The summed E-state index contributed by atoms with van der Waals surface area (Å²) in [6.45, 7) is 0. The molecule has 0 saturated heterocycles. The van der Waals surface area contributed by atoms with Gasteiger partial charge in [0.15, 0.2) is 0 Å². The van der Waals surface area contributed by atoms with Crippen LogP contribution in [0.1, 0.15) is 0 Å². The first-order valence-electron chi connectivity index (χ1n) is 7.06. The molecule has 0 heterocycles. The lowest BCUT2D eigenvalue weighted by molar-refractivity contribution is 0.387. The van der Waals surface area contributed by atoms with Crippen LogP contribution in [0.5, 0.6) is 11.5 Å². The predicted molar refractivity (Wildman–Crippen MR) is 93.3 cm³/mol. The van der Waals surface area contributed by atoms with Crippen LogP contribution in [0.3, 0.4) is 0 Å². The number of hydrogen-bond donors (Lipinski definition) is 4. The maximum atomic E-state index is 11.3. The Labute approximate surface area is 139 Å². The first-order chi connectivity index (χ1) is 11.4. The molecule has 0 aliphatic rings. The highest BCUT2D eigenvalue weighted by Crippen LogP contribution is 2.37. The van der Waals surface area contributed by atoms with E-state index < -0.39 is 7.60 Å². The van der Waals surface area contributed by atoms with Crippen molar-refractivity contribution in [3.05, 3.63) is 78.9 Å². The van der Waals surface area contributed by atoms with Crippen LogP contribution < -0.4 is 5.30 Å². The lowest BCUT2D eigenvalue weighted by atomic mass is 10.1. The number of phenols is 2. The molecular weight excluding hydrogens is 327 g/mol. The minimum Gasteiger partial charge on any atom is -0.508 e. The van der Waals surface area contributed by atoms with Crippen molar-refractivity contribution in [1.82, 2.24) is 0 Å². The summed E-state index contributed by atoms with van der Waals surface area (Å²) in [4.78, 5) is 18.5. The Bertz CT molecular complexity index is 805. The van der Waals surface area contributed by atoms with E-state index in [1.54, 1.807) is 18.2 Å². The van der Waals surface area contributed by atoms with E-state index in [0.29, 0.717) is 5.56 Å². The molecule has 24 heavy (non-hydrogen) atoms. The van der Waals surface area contributed by atoms with Crippen LogP contribution >= 0.6 is 7.60 Å². The molecule has 0 atom stereocenters. The zero-order valence-electron chi connectivity index (χ0n) is 12.6. The van der Waals surface area contributed by atoms with Crippen molar-refractivity contribution >= 4 is 12.9 Å². The zero-order chi connectivity index (χ0) is 17.6. The Morgan fingerprint density at radius 2 is 1.08 bits per heavy atom. The number of hydrogen-bond acceptors (Lipinski definition) is 3. The molecule has 0 aromatic heterocycles. The minimum atomic E-state index is -4.22. The maximum absolute atomic E-state index is 11.3. The standard InChI is InChI=1S/C12H11O3P.C6H6O2/c13-16(14,15)12-9-5-4-8-11(12)10-6-2-1-3-7-10;7-5-1-2-6(8)4-3-5/h1-9H,(H2,13,14,15);1-4,7-8H. The summed E-state index contributed by atoms with van der Waals surface area (Å²) in [6, 6.07) is 21.5. The molecule has 0 spiro atoms. The Balaban J connectivity index is 0.000000219. The van der Waals surface area contributed by atoms with Crippen molar-refractivity contribution in [3.8, 4) is 22.6 Å². The number of rotatable bonds is 2. The zero-order valence-corrected chi connectivity index (χ0v) is 13.5. The van der Waals surface area contributed by atoms with E-state index in [9.17, 15) is 14.4 Å². The third-order valence-electron chi connectivity index (χ3n) is 3.15. The summed E-state index contributed by atoms with van der Waals surface area (Å²) in [5.74, 6) is 0.339. The maximum Gasteiger partial charge on any atom is 0.356 e. The average molecular weight is 344 g/mol. The highest BCUT2D eigenvalue weighted by atomic mass is 31.2. The van der Waals surface area contributed by atoms with E-state index in [1.165, 1.54) is 30.3 Å². The van der Waals surface area contributed by atoms with Gasteiger partial charge < -0.3 is 20.0 Å². The molecule has 5 nitrogen and oxygen atoms in total. The molecular formula is C18H17O5P. The van der Waals surface area contributed by atoms with Crippen molar-refractivity contribution in [1.29, 1.82) is 0 Å². The van der Waals surface area contributed by atoms with Crippen molar-refractivity contribution in [2.75, 3.05) is 0 Å². The summed E-state index contributed by atoms with van der Waals surface area (Å²) < 4.78 is 11.3. The smallest absolute Gasteiger partial charge is 0.356 e. The van der Waals surface area contributed by atoms with E-state index in [2.05, 4.69) is 0 Å². The van der Waals surface area contributed by atoms with Crippen molar-refractivity contribution in [2.45, 2.75) is 0 Å². The average Bonchev–Trinajstić information content (AvgIpc) is 2.58. The van der Waals surface area contributed by atoms with Gasteiger partial charge in [0.05, 0.1) is 5.30 Å². The Morgan fingerprint density at radius 1 is 0.625 bits per heavy atom. The Hall–Kier alpha value is -2.59. The third kappa shape index (κ3) is 4.96. The van der Waals surface area contributed by atoms with Crippen LogP contribution in [0.2, 0.25) is 0 Å². The molecule has 0 bridgehead atoms. The Kier molecular flexibility index (Phi) is 5.77. The second-order valence-electron chi connectivity index (χ2n) is 4.94. The minimum absolute atomic E-state index is 0.0706. The third-order valence-corrected chi connectivity index (χ3v) is 4.17. The fourth-order valence-electron chi connectivity index (χ4n) is 2.04. The molecule has 0 unspecified atom stereocenters. The van der Waals surface area contributed by atoms with Gasteiger partial charge in [-0.1, -0.05) is 48.5 Å². The molecule has 0 amide bonds. The van der Waals surface area contributed by atoms with Crippen molar-refractivity contribution < 1.29 is 24.6 Å². The number of aromatic hydroxyl groups is 2. The van der Waals surface area contributed by atoms with Crippen LogP contribution in [0, 0.1) is 0 Å². The second kappa shape index (κ2) is 7.79. The van der Waals surface area contributed by atoms with E-state index >= 15 is 0 Å². The van der Waals surface area contributed by atoms with Crippen LogP contribution in [0.4, 0.5) is 0 Å². The summed E-state index contributed by atoms with van der Waals surface area (Å²) in [6.07, 6.45) is 0. The first kappa shape index (κ1) is 17.8. The second-order valence-corrected chi connectivity index (χ2v) is 6.51. The SMILES string of the molecule is O=P(O)(O)c1ccccc1-c1ccccc1.Oc1ccc(O)cc1. The molecule has 0 fully saturated rings.